The lowest BCUT2D eigenvalue weighted by Crippen LogP contribution is -2.27. The molecule has 0 bridgehead atoms. The zero-order chi connectivity index (χ0) is 15.2. The van der Waals surface area contributed by atoms with Crippen molar-refractivity contribution >= 4 is 21.6 Å². The lowest BCUT2D eigenvalue weighted by atomic mass is 10.2. The van der Waals surface area contributed by atoms with E-state index in [0.717, 1.165) is 5.57 Å². The van der Waals surface area contributed by atoms with Crippen molar-refractivity contribution in [2.24, 2.45) is 0 Å². The quantitative estimate of drug-likeness (QED) is 0.617. The number of hydrogen-bond donors (Lipinski definition) is 1. The average Bonchev–Trinajstić information content (AvgIpc) is 2.37. The van der Waals surface area contributed by atoms with Gasteiger partial charge in [0.2, 0.25) is 10.0 Å². The van der Waals surface area contributed by atoms with E-state index >= 15 is 0 Å². The molecule has 0 amide bonds. The van der Waals surface area contributed by atoms with Crippen LogP contribution in [0.1, 0.15) is 12.5 Å². The molecule has 0 saturated heterocycles. The van der Waals surface area contributed by atoms with Crippen LogP contribution in [0.15, 0.2) is 35.2 Å². The highest BCUT2D eigenvalue weighted by Gasteiger charge is 2.15. The van der Waals surface area contributed by atoms with Crippen molar-refractivity contribution in [3.63, 3.8) is 0 Å². The second-order valence-electron chi connectivity index (χ2n) is 4.16. The van der Waals surface area contributed by atoms with Crippen molar-refractivity contribution in [1.82, 2.24) is 4.72 Å². The Morgan fingerprint density at radius 2 is 2.25 bits per heavy atom. The van der Waals surface area contributed by atoms with Gasteiger partial charge in [0.25, 0.3) is 0 Å². The summed E-state index contributed by atoms with van der Waals surface area (Å²) in [6, 6.07) is 5.82. The molecule has 7 heteroatoms. The first-order valence-electron chi connectivity index (χ1n) is 5.78. The summed E-state index contributed by atoms with van der Waals surface area (Å²) in [4.78, 5) is 0.0152. The highest BCUT2D eigenvalue weighted by atomic mass is 35.5. The lowest BCUT2D eigenvalue weighted by molar-refractivity contribution is 0.162. The van der Waals surface area contributed by atoms with Gasteiger partial charge in [-0.15, -0.1) is 0 Å². The zero-order valence-corrected chi connectivity index (χ0v) is 12.6. The Balaban J connectivity index is 2.63. The third kappa shape index (κ3) is 4.94. The Morgan fingerprint density at radius 1 is 1.55 bits per heavy atom. The number of benzene rings is 1. The van der Waals surface area contributed by atoms with Crippen molar-refractivity contribution in [1.29, 1.82) is 5.26 Å². The number of ether oxygens (including phenoxy) is 1. The van der Waals surface area contributed by atoms with Crippen LogP contribution in [-0.4, -0.2) is 28.2 Å². The van der Waals surface area contributed by atoms with Crippen molar-refractivity contribution < 1.29 is 13.2 Å². The maximum Gasteiger partial charge on any atom is 0.240 e. The highest BCUT2D eigenvalue weighted by molar-refractivity contribution is 7.89. The SMILES string of the molecule is C=C(C)COCCNS(=O)(=O)c1ccc(C#N)c(Cl)c1. The molecule has 0 aliphatic rings. The normalized spacial score (nSPS) is 11.1. The van der Waals surface area contributed by atoms with Crippen LogP contribution in [0.5, 0.6) is 0 Å². The van der Waals surface area contributed by atoms with Crippen molar-refractivity contribution in [2.45, 2.75) is 11.8 Å². The summed E-state index contributed by atoms with van der Waals surface area (Å²) in [6.45, 7) is 6.28. The largest absolute Gasteiger partial charge is 0.376 e. The Hall–Kier alpha value is -1.39. The molecule has 0 heterocycles. The molecule has 20 heavy (non-hydrogen) atoms. The number of nitrogens with zero attached hydrogens (tertiary/aromatic N) is 1. The molecule has 0 unspecified atom stereocenters. The first kappa shape index (κ1) is 16.7. The summed E-state index contributed by atoms with van der Waals surface area (Å²) >= 11 is 5.81. The average molecular weight is 315 g/mol. The van der Waals surface area contributed by atoms with E-state index in [1.165, 1.54) is 18.2 Å². The molecule has 1 N–H and O–H groups in total. The van der Waals surface area contributed by atoms with Crippen LogP contribution in [0.2, 0.25) is 5.02 Å². The molecule has 5 nitrogen and oxygen atoms in total. The summed E-state index contributed by atoms with van der Waals surface area (Å²) in [7, 11) is -3.65. The van der Waals surface area contributed by atoms with Crippen LogP contribution >= 0.6 is 11.6 Å². The van der Waals surface area contributed by atoms with E-state index in [-0.39, 0.29) is 28.6 Å². The van der Waals surface area contributed by atoms with Crippen LogP contribution in [0.25, 0.3) is 0 Å². The van der Waals surface area contributed by atoms with Gasteiger partial charge >= 0.3 is 0 Å². The fourth-order valence-corrected chi connectivity index (χ4v) is 2.66. The standard InChI is InChI=1S/C13H15ClN2O3S/c1-10(2)9-19-6-5-16-20(17,18)12-4-3-11(8-15)13(14)7-12/h3-4,7,16H,1,5-6,9H2,2H3. The van der Waals surface area contributed by atoms with E-state index in [1.807, 2.05) is 13.0 Å². The predicted octanol–water partition coefficient (Wildman–Crippen LogP) is 2.08. The van der Waals surface area contributed by atoms with Crippen molar-refractivity contribution in [3.05, 3.63) is 40.9 Å². The molecule has 0 aliphatic carbocycles. The summed E-state index contributed by atoms with van der Waals surface area (Å²) in [5.41, 5.74) is 1.10. The van der Waals surface area contributed by atoms with Crippen LogP contribution in [0, 0.1) is 11.3 Å². The fourth-order valence-electron chi connectivity index (χ4n) is 1.33. The molecule has 0 radical (unpaired) electrons. The van der Waals surface area contributed by atoms with Gasteiger partial charge in [0, 0.05) is 6.54 Å². The lowest BCUT2D eigenvalue weighted by Gasteiger charge is -2.08. The third-order valence-corrected chi connectivity index (χ3v) is 4.03. The first-order chi connectivity index (χ1) is 9.36. The van der Waals surface area contributed by atoms with Gasteiger partial charge in [0.1, 0.15) is 6.07 Å². The maximum atomic E-state index is 12.0. The molecule has 1 aromatic rings. The summed E-state index contributed by atoms with van der Waals surface area (Å²) < 4.78 is 31.5. The topological polar surface area (TPSA) is 79.2 Å². The second-order valence-corrected chi connectivity index (χ2v) is 6.34. The van der Waals surface area contributed by atoms with E-state index in [0.29, 0.717) is 6.61 Å². The Labute approximate surface area is 123 Å². The second kappa shape index (κ2) is 7.41. The summed E-state index contributed by atoms with van der Waals surface area (Å²) in [6.07, 6.45) is 0. The zero-order valence-electron chi connectivity index (χ0n) is 11.0. The van der Waals surface area contributed by atoms with Crippen LogP contribution in [-0.2, 0) is 14.8 Å². The van der Waals surface area contributed by atoms with Crippen molar-refractivity contribution in [3.8, 4) is 6.07 Å². The van der Waals surface area contributed by atoms with Crippen LogP contribution < -0.4 is 4.72 Å². The molecule has 0 spiro atoms. The van der Waals surface area contributed by atoms with Crippen molar-refractivity contribution in [2.75, 3.05) is 19.8 Å². The predicted molar refractivity (Wildman–Crippen MR) is 77.0 cm³/mol. The number of nitrogens with one attached hydrogen (secondary N) is 1. The molecule has 108 valence electrons. The van der Waals surface area contributed by atoms with Gasteiger partial charge < -0.3 is 4.74 Å². The van der Waals surface area contributed by atoms with Gasteiger partial charge in [0.05, 0.1) is 28.7 Å². The number of rotatable bonds is 7. The van der Waals surface area contributed by atoms with Crippen LogP contribution in [0.4, 0.5) is 0 Å². The van der Waals surface area contributed by atoms with E-state index < -0.39 is 10.0 Å². The van der Waals surface area contributed by atoms with Gasteiger partial charge in [-0.25, -0.2) is 13.1 Å². The van der Waals surface area contributed by atoms with E-state index in [1.54, 1.807) is 0 Å². The number of halogens is 1. The van der Waals surface area contributed by atoms with Gasteiger partial charge in [-0.3, -0.25) is 0 Å². The van der Waals surface area contributed by atoms with Gasteiger partial charge in [-0.2, -0.15) is 5.26 Å². The maximum absolute atomic E-state index is 12.0. The molecular formula is C13H15ClN2O3S. The minimum atomic E-state index is -3.65. The molecule has 0 atom stereocenters. The summed E-state index contributed by atoms with van der Waals surface area (Å²) in [5, 5.41) is 8.84. The third-order valence-electron chi connectivity index (χ3n) is 2.26. The van der Waals surface area contributed by atoms with Gasteiger partial charge in [-0.1, -0.05) is 23.8 Å². The smallest absolute Gasteiger partial charge is 0.240 e. The fraction of sp³-hybridized carbons (Fsp3) is 0.308. The Morgan fingerprint density at radius 3 is 2.80 bits per heavy atom. The Kier molecular flexibility index (Phi) is 6.17. The van der Waals surface area contributed by atoms with Gasteiger partial charge in [0.15, 0.2) is 0 Å². The number of sulfonamides is 1. The van der Waals surface area contributed by atoms with E-state index in [2.05, 4.69) is 11.3 Å². The minimum Gasteiger partial charge on any atom is -0.376 e. The molecule has 0 saturated carbocycles. The first-order valence-corrected chi connectivity index (χ1v) is 7.64. The number of nitriles is 1. The Bertz CT molecular complexity index is 636. The summed E-state index contributed by atoms with van der Waals surface area (Å²) in [5.74, 6) is 0. The molecule has 1 aromatic carbocycles. The molecule has 0 aromatic heterocycles. The minimum absolute atomic E-state index is 0.0152. The molecule has 0 fully saturated rings. The molecule has 1 rings (SSSR count). The molecule has 0 aliphatic heterocycles. The van der Waals surface area contributed by atoms with Crippen LogP contribution in [0.3, 0.4) is 0 Å². The molecular weight excluding hydrogens is 300 g/mol. The van der Waals surface area contributed by atoms with Gasteiger partial charge in [-0.05, 0) is 25.1 Å². The number of hydrogen-bond acceptors (Lipinski definition) is 4. The van der Waals surface area contributed by atoms with E-state index in [9.17, 15) is 8.42 Å². The van der Waals surface area contributed by atoms with E-state index in [4.69, 9.17) is 21.6 Å². The highest BCUT2D eigenvalue weighted by Crippen LogP contribution is 2.19. The monoisotopic (exact) mass is 314 g/mol.